The van der Waals surface area contributed by atoms with Gasteiger partial charge in [-0.25, -0.2) is 4.85 Å². The van der Waals surface area contributed by atoms with Gasteiger partial charge in [0.15, 0.2) is 0 Å². The van der Waals surface area contributed by atoms with Gasteiger partial charge in [-0.3, -0.25) is 0 Å². The number of nitrogens with zero attached hydrogens (tertiary/aromatic N) is 3. The maximum absolute atomic E-state index is 8.86. The Bertz CT molecular complexity index is 1180. The molecule has 1 aliphatic carbocycles. The Labute approximate surface area is 179 Å². The first kappa shape index (κ1) is 17.7. The van der Waals surface area contributed by atoms with E-state index in [4.69, 9.17) is 18.6 Å². The Kier molecular flexibility index (Phi) is 5.11. The van der Waals surface area contributed by atoms with E-state index < -0.39 is 12.1 Å². The van der Waals surface area contributed by atoms with Crippen molar-refractivity contribution in [2.45, 2.75) is 52.1 Å². The first-order valence-corrected chi connectivity index (χ1v) is 10.2. The predicted octanol–water partition coefficient (Wildman–Crippen LogP) is 5.73. The van der Waals surface area contributed by atoms with Crippen LogP contribution in [-0.2, 0) is 6.42 Å². The molecule has 154 valence electrons. The first-order valence-electron chi connectivity index (χ1n) is 11.2. The van der Waals surface area contributed by atoms with Crippen LogP contribution in [-0.4, -0.2) is 22.8 Å². The average molecular weight is 405 g/mol. The number of rotatable bonds is 7. The van der Waals surface area contributed by atoms with Crippen molar-refractivity contribution in [2.24, 2.45) is 0 Å². The van der Waals surface area contributed by atoms with Crippen molar-refractivity contribution < 1.29 is 12.0 Å². The summed E-state index contributed by atoms with van der Waals surface area (Å²) in [6.45, 7) is 13.6. The van der Waals surface area contributed by atoms with Gasteiger partial charge in [0.05, 0.1) is 15.4 Å². The fourth-order valence-corrected chi connectivity index (χ4v) is 3.69. The highest BCUT2D eigenvalue weighted by Crippen LogP contribution is 2.38. The fourth-order valence-electron chi connectivity index (χ4n) is 3.69. The van der Waals surface area contributed by atoms with Crippen LogP contribution in [0.4, 0.5) is 5.69 Å². The van der Waals surface area contributed by atoms with Crippen LogP contribution >= 0.6 is 0 Å². The molecule has 1 aliphatic rings. The highest BCUT2D eigenvalue weighted by molar-refractivity contribution is 5.70. The minimum absolute atomic E-state index is 0.282. The Morgan fingerprint density at radius 1 is 1.40 bits per heavy atom. The largest absolute Gasteiger partial charge is 0.502 e. The van der Waals surface area contributed by atoms with E-state index in [0.717, 1.165) is 36.1 Å². The molecule has 0 saturated carbocycles. The van der Waals surface area contributed by atoms with E-state index in [1.165, 1.54) is 0 Å². The predicted molar refractivity (Wildman–Crippen MR) is 117 cm³/mol. The van der Waals surface area contributed by atoms with E-state index in [2.05, 4.69) is 27.2 Å². The molecule has 1 heterocycles. The number of nitrogens with one attached hydrogen (secondary N) is 1. The minimum atomic E-state index is -1.15. The molecule has 0 bridgehead atoms. The lowest BCUT2D eigenvalue weighted by Crippen LogP contribution is -2.19. The molecule has 1 aromatic heterocycles. The zero-order chi connectivity index (χ0) is 22.9. The number of aromatic nitrogens is 2. The highest BCUT2D eigenvalue weighted by Gasteiger charge is 2.26. The van der Waals surface area contributed by atoms with Crippen molar-refractivity contribution in [2.75, 3.05) is 6.54 Å². The van der Waals surface area contributed by atoms with Crippen LogP contribution < -0.4 is 10.1 Å². The van der Waals surface area contributed by atoms with Gasteiger partial charge in [-0.2, -0.15) is 4.98 Å². The highest BCUT2D eigenvalue weighted by atomic mass is 16.5. The molecule has 0 saturated heterocycles. The molecule has 0 amide bonds. The number of hydrogen-bond donors (Lipinski definition) is 1. The SMILES string of the molecule is [2H]C(C)(C)Oc1ccc(-c2nc(-c3cccc4c3CC[C@]4([2H])NCCC)no2)cc1[N+]#[C-]. The zero-order valence-corrected chi connectivity index (χ0v) is 17.5. The Hall–Kier alpha value is -3.17. The molecule has 0 radical (unpaired) electrons. The van der Waals surface area contributed by atoms with E-state index in [-0.39, 0.29) is 5.69 Å². The molecule has 3 aromatic rings. The summed E-state index contributed by atoms with van der Waals surface area (Å²) in [5.41, 5.74) is 3.79. The third-order valence-corrected chi connectivity index (χ3v) is 5.02. The standard InChI is InChI=1S/C24H26N4O2/c1-5-13-26-20-11-10-17-18(20)7-6-8-19(17)23-27-24(30-28-23)16-9-12-22(29-15(2)3)21(14-16)25-4/h6-9,12,14-15,20,26H,5,10-11,13H2,1-3H3/t20-/m0/s1/i15D,20D. The second-order valence-corrected chi connectivity index (χ2v) is 7.46. The molecule has 0 spiro atoms. The van der Waals surface area contributed by atoms with Crippen molar-refractivity contribution in [3.8, 4) is 28.6 Å². The van der Waals surface area contributed by atoms with Crippen molar-refractivity contribution in [1.29, 1.82) is 0 Å². The summed E-state index contributed by atoms with van der Waals surface area (Å²) in [7, 11) is 0. The summed E-state index contributed by atoms with van der Waals surface area (Å²) in [6, 6.07) is 10.1. The molecular formula is C24H26N4O2. The number of benzene rings is 2. The second kappa shape index (κ2) is 8.68. The molecule has 0 aliphatic heterocycles. The van der Waals surface area contributed by atoms with Crippen LogP contribution in [0.5, 0.6) is 5.75 Å². The lowest BCUT2D eigenvalue weighted by Gasteiger charge is -2.13. The summed E-state index contributed by atoms with van der Waals surface area (Å²) in [6.07, 6.45) is 1.30. The van der Waals surface area contributed by atoms with Gasteiger partial charge in [-0.1, -0.05) is 30.3 Å². The van der Waals surface area contributed by atoms with Gasteiger partial charge in [0.2, 0.25) is 11.5 Å². The van der Waals surface area contributed by atoms with Gasteiger partial charge < -0.3 is 14.6 Å². The van der Waals surface area contributed by atoms with Gasteiger partial charge in [0, 0.05) is 17.1 Å². The summed E-state index contributed by atoms with van der Waals surface area (Å²) in [5, 5.41) is 7.54. The van der Waals surface area contributed by atoms with Crippen molar-refractivity contribution in [3.63, 3.8) is 0 Å². The van der Waals surface area contributed by atoms with Crippen LogP contribution in [0.1, 0.15) is 53.5 Å². The van der Waals surface area contributed by atoms with Crippen molar-refractivity contribution in [3.05, 3.63) is 58.9 Å². The lowest BCUT2D eigenvalue weighted by molar-refractivity contribution is 0.244. The normalized spacial score (nSPS) is 19.0. The third kappa shape index (κ3) is 3.94. The summed E-state index contributed by atoms with van der Waals surface area (Å²) in [5.74, 6) is 1.11. The third-order valence-electron chi connectivity index (χ3n) is 5.02. The van der Waals surface area contributed by atoms with Crippen LogP contribution in [0.25, 0.3) is 27.7 Å². The summed E-state index contributed by atoms with van der Waals surface area (Å²) >= 11 is 0. The lowest BCUT2D eigenvalue weighted by atomic mass is 10.0. The molecule has 30 heavy (non-hydrogen) atoms. The zero-order valence-electron chi connectivity index (χ0n) is 19.5. The Morgan fingerprint density at radius 3 is 3.03 bits per heavy atom. The molecule has 4 rings (SSSR count). The summed E-state index contributed by atoms with van der Waals surface area (Å²) < 4.78 is 27.8. The topological polar surface area (TPSA) is 64.5 Å². The smallest absolute Gasteiger partial charge is 0.256 e. The monoisotopic (exact) mass is 404 g/mol. The molecule has 1 atom stereocenters. The molecule has 2 aromatic carbocycles. The van der Waals surface area contributed by atoms with Crippen LogP contribution in [0.2, 0.25) is 0 Å². The van der Waals surface area contributed by atoms with Gasteiger partial charge in [0.1, 0.15) is 5.75 Å². The van der Waals surface area contributed by atoms with Crippen molar-refractivity contribution in [1.82, 2.24) is 15.5 Å². The maximum atomic E-state index is 8.86. The first-order chi connectivity index (χ1) is 15.2. The van der Waals surface area contributed by atoms with E-state index in [9.17, 15) is 0 Å². The fraction of sp³-hybridized carbons (Fsp3) is 0.375. The molecule has 1 N–H and O–H groups in total. The molecule has 6 heteroatoms. The molecule has 6 nitrogen and oxygen atoms in total. The Morgan fingerprint density at radius 2 is 2.27 bits per heavy atom. The molecule has 0 unspecified atom stereocenters. The second-order valence-electron chi connectivity index (χ2n) is 7.46. The van der Waals surface area contributed by atoms with E-state index in [1.807, 2.05) is 18.2 Å². The van der Waals surface area contributed by atoms with Gasteiger partial charge in [0.25, 0.3) is 5.89 Å². The van der Waals surface area contributed by atoms with Crippen molar-refractivity contribution >= 4 is 5.69 Å². The van der Waals surface area contributed by atoms with Gasteiger partial charge in [-0.05, 0) is 69.0 Å². The van der Waals surface area contributed by atoms with E-state index >= 15 is 0 Å². The minimum Gasteiger partial charge on any atom is -0.502 e. The molecule has 0 fully saturated rings. The molecular weight excluding hydrogens is 376 g/mol. The Balaban J connectivity index is 1.66. The number of hydrogen-bond acceptors (Lipinski definition) is 5. The van der Waals surface area contributed by atoms with Crippen LogP contribution in [0.3, 0.4) is 0 Å². The summed E-state index contributed by atoms with van der Waals surface area (Å²) in [4.78, 5) is 8.10. The average Bonchev–Trinajstić information content (AvgIpc) is 3.37. The van der Waals surface area contributed by atoms with Crippen LogP contribution in [0.15, 0.2) is 40.9 Å². The number of fused-ring (bicyclic) bond motifs is 1. The van der Waals surface area contributed by atoms with E-state index in [1.54, 1.807) is 32.0 Å². The van der Waals surface area contributed by atoms with Gasteiger partial charge in [-0.15, -0.1) is 0 Å². The van der Waals surface area contributed by atoms with Crippen LogP contribution in [0, 0.1) is 6.57 Å². The van der Waals surface area contributed by atoms with Gasteiger partial charge >= 0.3 is 0 Å². The van der Waals surface area contributed by atoms with E-state index in [0.29, 0.717) is 29.4 Å². The maximum Gasteiger partial charge on any atom is 0.256 e. The quantitative estimate of drug-likeness (QED) is 0.510. The number of ether oxygens (including phenoxy) is 1.